The highest BCUT2D eigenvalue weighted by Crippen LogP contribution is 2.19. The number of amides is 1. The summed E-state index contributed by atoms with van der Waals surface area (Å²) in [5.74, 6) is 0. The fourth-order valence-electron chi connectivity index (χ4n) is 2.08. The van der Waals surface area contributed by atoms with Crippen LogP contribution in [0.1, 0.15) is 12.6 Å². The van der Waals surface area contributed by atoms with Crippen molar-refractivity contribution in [3.63, 3.8) is 0 Å². The van der Waals surface area contributed by atoms with Crippen molar-refractivity contribution in [3.8, 4) is 6.07 Å². The lowest BCUT2D eigenvalue weighted by molar-refractivity contribution is 0.105. The molecule has 0 N–H and O–H groups in total. The van der Waals surface area contributed by atoms with Crippen molar-refractivity contribution in [1.82, 2.24) is 9.88 Å². The van der Waals surface area contributed by atoms with Gasteiger partial charge in [-0.2, -0.15) is 5.26 Å². The predicted octanol–water partition coefficient (Wildman–Crippen LogP) is 1.23. The SMILES string of the molecule is CCOC(=O)N1CCN(c2cccnc2C#N)CC1. The second-order valence-corrected chi connectivity index (χ2v) is 4.16. The second kappa shape index (κ2) is 6.05. The summed E-state index contributed by atoms with van der Waals surface area (Å²) in [5, 5.41) is 9.04. The number of nitriles is 1. The summed E-state index contributed by atoms with van der Waals surface area (Å²) >= 11 is 0. The van der Waals surface area contributed by atoms with E-state index in [1.807, 2.05) is 12.1 Å². The first kappa shape index (κ1) is 13.1. The molecule has 0 saturated carbocycles. The van der Waals surface area contributed by atoms with Gasteiger partial charge < -0.3 is 14.5 Å². The molecule has 0 radical (unpaired) electrons. The van der Waals surface area contributed by atoms with Crippen LogP contribution in [0.4, 0.5) is 10.5 Å². The third-order valence-corrected chi connectivity index (χ3v) is 3.04. The topological polar surface area (TPSA) is 69.5 Å². The van der Waals surface area contributed by atoms with E-state index in [-0.39, 0.29) is 6.09 Å². The number of pyridine rings is 1. The molecule has 0 aromatic carbocycles. The highest BCUT2D eigenvalue weighted by Gasteiger charge is 2.23. The number of hydrogen-bond acceptors (Lipinski definition) is 5. The Balaban J connectivity index is 2.00. The van der Waals surface area contributed by atoms with Crippen molar-refractivity contribution in [2.45, 2.75) is 6.92 Å². The lowest BCUT2D eigenvalue weighted by Gasteiger charge is -2.35. The fourth-order valence-corrected chi connectivity index (χ4v) is 2.08. The molecule has 0 bridgehead atoms. The zero-order chi connectivity index (χ0) is 13.7. The van der Waals surface area contributed by atoms with Crippen LogP contribution < -0.4 is 4.90 Å². The Hall–Kier alpha value is -2.29. The summed E-state index contributed by atoms with van der Waals surface area (Å²) in [7, 11) is 0. The zero-order valence-corrected chi connectivity index (χ0v) is 10.9. The third kappa shape index (κ3) is 2.94. The van der Waals surface area contributed by atoms with Gasteiger partial charge in [-0.15, -0.1) is 0 Å². The van der Waals surface area contributed by atoms with Crippen LogP contribution in [0, 0.1) is 11.3 Å². The van der Waals surface area contributed by atoms with Crippen molar-refractivity contribution in [3.05, 3.63) is 24.0 Å². The first-order chi connectivity index (χ1) is 9.26. The second-order valence-electron chi connectivity index (χ2n) is 4.16. The van der Waals surface area contributed by atoms with Crippen molar-refractivity contribution in [2.75, 3.05) is 37.7 Å². The average molecular weight is 260 g/mol. The lowest BCUT2D eigenvalue weighted by atomic mass is 10.2. The number of anilines is 1. The average Bonchev–Trinajstić information content (AvgIpc) is 2.47. The van der Waals surface area contributed by atoms with Crippen LogP contribution in [-0.4, -0.2) is 48.8 Å². The van der Waals surface area contributed by atoms with Gasteiger partial charge in [0.15, 0.2) is 5.69 Å². The highest BCUT2D eigenvalue weighted by molar-refractivity contribution is 5.68. The Morgan fingerprint density at radius 2 is 2.21 bits per heavy atom. The van der Waals surface area contributed by atoms with Crippen molar-refractivity contribution in [2.24, 2.45) is 0 Å². The van der Waals surface area contributed by atoms with Gasteiger partial charge in [0.25, 0.3) is 0 Å². The van der Waals surface area contributed by atoms with Gasteiger partial charge in [0.05, 0.1) is 12.3 Å². The van der Waals surface area contributed by atoms with E-state index in [2.05, 4.69) is 16.0 Å². The number of carbonyl (C=O) groups is 1. The van der Waals surface area contributed by atoms with E-state index in [9.17, 15) is 4.79 Å². The van der Waals surface area contributed by atoms with E-state index >= 15 is 0 Å². The fraction of sp³-hybridized carbons (Fsp3) is 0.462. The van der Waals surface area contributed by atoms with Crippen LogP contribution in [0.5, 0.6) is 0 Å². The van der Waals surface area contributed by atoms with Gasteiger partial charge >= 0.3 is 6.09 Å². The molecule has 19 heavy (non-hydrogen) atoms. The molecule has 1 aliphatic heterocycles. The Morgan fingerprint density at radius 3 is 2.84 bits per heavy atom. The van der Waals surface area contributed by atoms with Crippen molar-refractivity contribution in [1.29, 1.82) is 5.26 Å². The molecule has 0 unspecified atom stereocenters. The minimum absolute atomic E-state index is 0.270. The molecule has 0 aliphatic carbocycles. The molecule has 0 atom stereocenters. The van der Waals surface area contributed by atoms with Crippen LogP contribution >= 0.6 is 0 Å². The van der Waals surface area contributed by atoms with Gasteiger partial charge in [0, 0.05) is 32.4 Å². The third-order valence-electron chi connectivity index (χ3n) is 3.04. The molecular formula is C13H16N4O2. The molecule has 2 rings (SSSR count). The first-order valence-corrected chi connectivity index (χ1v) is 6.28. The van der Waals surface area contributed by atoms with Crippen LogP contribution in [-0.2, 0) is 4.74 Å². The first-order valence-electron chi connectivity index (χ1n) is 6.28. The van der Waals surface area contributed by atoms with E-state index in [0.29, 0.717) is 38.5 Å². The number of nitrogens with zero attached hydrogens (tertiary/aromatic N) is 4. The Morgan fingerprint density at radius 1 is 1.47 bits per heavy atom. The van der Waals surface area contributed by atoms with E-state index < -0.39 is 0 Å². The summed E-state index contributed by atoms with van der Waals surface area (Å²) in [4.78, 5) is 19.4. The monoisotopic (exact) mass is 260 g/mol. The maximum atomic E-state index is 11.6. The molecule has 100 valence electrons. The van der Waals surface area contributed by atoms with Crippen LogP contribution in [0.15, 0.2) is 18.3 Å². The Kier molecular flexibility index (Phi) is 4.18. The number of hydrogen-bond donors (Lipinski definition) is 0. The molecule has 1 amide bonds. The van der Waals surface area contributed by atoms with Gasteiger partial charge in [-0.05, 0) is 19.1 Å². The molecule has 1 aromatic rings. The minimum Gasteiger partial charge on any atom is -0.450 e. The molecular weight excluding hydrogens is 244 g/mol. The zero-order valence-electron chi connectivity index (χ0n) is 10.9. The Bertz CT molecular complexity index is 490. The highest BCUT2D eigenvalue weighted by atomic mass is 16.6. The van der Waals surface area contributed by atoms with Crippen LogP contribution in [0.3, 0.4) is 0 Å². The summed E-state index contributed by atoms with van der Waals surface area (Å²) in [6, 6.07) is 5.78. The molecule has 1 aliphatic rings. The number of aromatic nitrogens is 1. The van der Waals surface area contributed by atoms with Crippen LogP contribution in [0.2, 0.25) is 0 Å². The van der Waals surface area contributed by atoms with Gasteiger partial charge in [-0.1, -0.05) is 0 Å². The maximum absolute atomic E-state index is 11.6. The summed E-state index contributed by atoms with van der Waals surface area (Å²) < 4.78 is 4.97. The van der Waals surface area contributed by atoms with E-state index in [4.69, 9.17) is 10.00 Å². The predicted molar refractivity (Wildman–Crippen MR) is 69.8 cm³/mol. The summed E-state index contributed by atoms with van der Waals surface area (Å²) in [6.45, 7) is 4.73. The van der Waals surface area contributed by atoms with Gasteiger partial charge in [0.1, 0.15) is 6.07 Å². The number of carbonyl (C=O) groups excluding carboxylic acids is 1. The minimum atomic E-state index is -0.270. The van der Waals surface area contributed by atoms with Crippen molar-refractivity contribution < 1.29 is 9.53 Å². The summed E-state index contributed by atoms with van der Waals surface area (Å²) in [5.41, 5.74) is 1.25. The van der Waals surface area contributed by atoms with Gasteiger partial charge in [-0.25, -0.2) is 9.78 Å². The molecule has 1 saturated heterocycles. The number of ether oxygens (including phenoxy) is 1. The number of rotatable bonds is 2. The lowest BCUT2D eigenvalue weighted by Crippen LogP contribution is -2.49. The summed E-state index contributed by atoms with van der Waals surface area (Å²) in [6.07, 6.45) is 1.34. The van der Waals surface area contributed by atoms with E-state index in [0.717, 1.165) is 5.69 Å². The quantitative estimate of drug-likeness (QED) is 0.800. The largest absolute Gasteiger partial charge is 0.450 e. The standard InChI is InChI=1S/C13H16N4O2/c1-2-19-13(18)17-8-6-16(7-9-17)12-4-3-5-15-11(12)10-14/h3-5H,2,6-9H2,1H3. The normalized spacial score (nSPS) is 14.9. The van der Waals surface area contributed by atoms with Crippen LogP contribution in [0.25, 0.3) is 0 Å². The van der Waals surface area contributed by atoms with Gasteiger partial charge in [-0.3, -0.25) is 0 Å². The van der Waals surface area contributed by atoms with E-state index in [1.165, 1.54) is 0 Å². The van der Waals surface area contributed by atoms with Crippen molar-refractivity contribution >= 4 is 11.8 Å². The van der Waals surface area contributed by atoms with E-state index in [1.54, 1.807) is 18.0 Å². The Labute approximate surface area is 112 Å². The smallest absolute Gasteiger partial charge is 0.409 e. The molecule has 1 fully saturated rings. The molecule has 0 spiro atoms. The number of piperazine rings is 1. The molecule has 1 aromatic heterocycles. The maximum Gasteiger partial charge on any atom is 0.409 e. The molecule has 6 nitrogen and oxygen atoms in total. The molecule has 2 heterocycles. The molecule has 6 heteroatoms. The van der Waals surface area contributed by atoms with Gasteiger partial charge in [0.2, 0.25) is 0 Å².